The third kappa shape index (κ3) is 4.81. The number of thioether (sulfide) groups is 1. The van der Waals surface area contributed by atoms with Gasteiger partial charge in [0.1, 0.15) is 0 Å². The summed E-state index contributed by atoms with van der Waals surface area (Å²) in [6.07, 6.45) is 2.84. The molecule has 3 aromatic rings. The Morgan fingerprint density at radius 1 is 1.11 bits per heavy atom. The molecule has 3 rings (SSSR count). The van der Waals surface area contributed by atoms with E-state index < -0.39 is 0 Å². The predicted molar refractivity (Wildman–Crippen MR) is 116 cm³/mol. The number of aryl methyl sites for hydroxylation is 1. The molecule has 146 valence electrons. The molecule has 5 nitrogen and oxygen atoms in total. The fourth-order valence-electron chi connectivity index (χ4n) is 2.92. The van der Waals surface area contributed by atoms with Crippen molar-refractivity contribution in [2.75, 3.05) is 11.1 Å². The fraction of sp³-hybridized carbons (Fsp3) is 0.318. The molecule has 0 aliphatic heterocycles. The Bertz CT molecular complexity index is 1010. The molecule has 0 aliphatic rings. The normalized spacial score (nSPS) is 10.9. The second kappa shape index (κ2) is 9.55. The molecule has 0 fully saturated rings. The second-order valence-corrected chi connectivity index (χ2v) is 7.55. The third-order valence-corrected chi connectivity index (χ3v) is 5.52. The fourth-order valence-corrected chi connectivity index (χ4v) is 3.75. The zero-order valence-electron chi connectivity index (χ0n) is 16.3. The first-order chi connectivity index (χ1) is 13.6. The number of unbranched alkanes of at least 4 members (excludes halogenated alkanes) is 1. The van der Waals surface area contributed by atoms with Gasteiger partial charge >= 0.3 is 0 Å². The van der Waals surface area contributed by atoms with E-state index in [4.69, 9.17) is 0 Å². The van der Waals surface area contributed by atoms with Crippen LogP contribution in [0.2, 0.25) is 0 Å². The summed E-state index contributed by atoms with van der Waals surface area (Å²) in [5, 5.41) is 4.11. The van der Waals surface area contributed by atoms with Gasteiger partial charge in [0.15, 0.2) is 5.16 Å². The maximum Gasteiger partial charge on any atom is 0.262 e. The molecule has 0 radical (unpaired) electrons. The average Bonchev–Trinajstić information content (AvgIpc) is 2.72. The van der Waals surface area contributed by atoms with Crippen LogP contribution in [0.15, 0.2) is 58.5 Å². The number of benzene rings is 2. The minimum absolute atomic E-state index is 0.0443. The highest BCUT2D eigenvalue weighted by atomic mass is 32.2. The molecule has 0 aliphatic carbocycles. The van der Waals surface area contributed by atoms with Crippen molar-refractivity contribution < 1.29 is 4.79 Å². The van der Waals surface area contributed by atoms with E-state index in [0.717, 1.165) is 24.9 Å². The van der Waals surface area contributed by atoms with Crippen molar-refractivity contribution in [3.05, 3.63) is 64.4 Å². The number of carbonyl (C=O) groups excluding carboxylic acids is 1. The van der Waals surface area contributed by atoms with Gasteiger partial charge in [-0.1, -0.05) is 56.3 Å². The van der Waals surface area contributed by atoms with E-state index in [0.29, 0.717) is 22.6 Å². The Morgan fingerprint density at radius 3 is 2.57 bits per heavy atom. The van der Waals surface area contributed by atoms with Crippen LogP contribution in [0.3, 0.4) is 0 Å². The van der Waals surface area contributed by atoms with Crippen LogP contribution in [-0.4, -0.2) is 21.2 Å². The summed E-state index contributed by atoms with van der Waals surface area (Å²) in [5.74, 6) is 0.0885. The van der Waals surface area contributed by atoms with E-state index in [9.17, 15) is 9.59 Å². The van der Waals surface area contributed by atoms with Gasteiger partial charge in [0.25, 0.3) is 5.56 Å². The largest absolute Gasteiger partial charge is 0.325 e. The Kier molecular flexibility index (Phi) is 6.87. The molecule has 0 bridgehead atoms. The molecular formula is C22H25N3O2S. The molecule has 0 atom stereocenters. The summed E-state index contributed by atoms with van der Waals surface area (Å²) in [5.41, 5.74) is 2.63. The quantitative estimate of drug-likeness (QED) is 0.451. The number of hydrogen-bond acceptors (Lipinski definition) is 4. The molecule has 1 amide bonds. The van der Waals surface area contributed by atoms with E-state index >= 15 is 0 Å². The van der Waals surface area contributed by atoms with Gasteiger partial charge < -0.3 is 5.32 Å². The van der Waals surface area contributed by atoms with Gasteiger partial charge in [-0.15, -0.1) is 0 Å². The van der Waals surface area contributed by atoms with Crippen molar-refractivity contribution in [1.29, 1.82) is 0 Å². The zero-order chi connectivity index (χ0) is 19.9. The minimum Gasteiger partial charge on any atom is -0.325 e. The van der Waals surface area contributed by atoms with Gasteiger partial charge in [0, 0.05) is 12.2 Å². The van der Waals surface area contributed by atoms with Crippen molar-refractivity contribution in [1.82, 2.24) is 9.55 Å². The highest BCUT2D eigenvalue weighted by Gasteiger charge is 2.13. The predicted octanol–water partition coefficient (Wildman–Crippen LogP) is 4.49. The first kappa shape index (κ1) is 20.1. The highest BCUT2D eigenvalue weighted by molar-refractivity contribution is 7.99. The number of fused-ring (bicyclic) bond motifs is 1. The summed E-state index contributed by atoms with van der Waals surface area (Å²) >= 11 is 1.30. The van der Waals surface area contributed by atoms with E-state index in [-0.39, 0.29) is 17.2 Å². The highest BCUT2D eigenvalue weighted by Crippen LogP contribution is 2.19. The number of rotatable bonds is 8. The zero-order valence-corrected chi connectivity index (χ0v) is 17.1. The minimum atomic E-state index is -0.112. The number of anilines is 1. The van der Waals surface area contributed by atoms with E-state index in [1.54, 1.807) is 10.6 Å². The topological polar surface area (TPSA) is 64.0 Å². The van der Waals surface area contributed by atoms with Gasteiger partial charge in [-0.2, -0.15) is 0 Å². The van der Waals surface area contributed by atoms with Gasteiger partial charge in [0.05, 0.1) is 16.7 Å². The smallest absolute Gasteiger partial charge is 0.262 e. The summed E-state index contributed by atoms with van der Waals surface area (Å²) < 4.78 is 1.69. The first-order valence-electron chi connectivity index (χ1n) is 9.63. The molecular weight excluding hydrogens is 370 g/mol. The molecule has 1 aromatic heterocycles. The summed E-state index contributed by atoms with van der Waals surface area (Å²) in [6, 6.07) is 15.2. The number of nitrogens with one attached hydrogen (secondary N) is 1. The lowest BCUT2D eigenvalue weighted by atomic mass is 10.1. The van der Waals surface area contributed by atoms with Crippen molar-refractivity contribution in [3.8, 4) is 0 Å². The summed E-state index contributed by atoms with van der Waals surface area (Å²) in [4.78, 5) is 29.9. The van der Waals surface area contributed by atoms with Crippen LogP contribution >= 0.6 is 11.8 Å². The third-order valence-electron chi connectivity index (χ3n) is 4.54. The molecule has 0 saturated heterocycles. The van der Waals surface area contributed by atoms with Gasteiger partial charge in [-0.3, -0.25) is 14.2 Å². The molecule has 28 heavy (non-hydrogen) atoms. The number of carbonyl (C=O) groups is 1. The van der Waals surface area contributed by atoms with Crippen LogP contribution in [0.5, 0.6) is 0 Å². The van der Waals surface area contributed by atoms with Crippen LogP contribution < -0.4 is 10.9 Å². The molecule has 6 heteroatoms. The summed E-state index contributed by atoms with van der Waals surface area (Å²) in [7, 11) is 0. The van der Waals surface area contributed by atoms with Crippen molar-refractivity contribution >= 4 is 34.3 Å². The van der Waals surface area contributed by atoms with Crippen LogP contribution in [0, 0.1) is 0 Å². The van der Waals surface area contributed by atoms with Crippen molar-refractivity contribution in [2.45, 2.75) is 44.8 Å². The van der Waals surface area contributed by atoms with Crippen molar-refractivity contribution in [3.63, 3.8) is 0 Å². The van der Waals surface area contributed by atoms with Gasteiger partial charge in [-0.05, 0) is 42.7 Å². The van der Waals surface area contributed by atoms with E-state index in [1.165, 1.54) is 17.3 Å². The van der Waals surface area contributed by atoms with Gasteiger partial charge in [-0.25, -0.2) is 4.98 Å². The lowest BCUT2D eigenvalue weighted by Gasteiger charge is -2.13. The SMILES string of the molecule is CCCCn1c(SCC(=O)Nc2ccc(CC)cc2)nc2ccccc2c1=O. The standard InChI is InChI=1S/C22H25N3O2S/c1-3-5-14-25-21(27)18-8-6-7-9-19(18)24-22(25)28-15-20(26)23-17-12-10-16(4-2)11-13-17/h6-13H,3-5,14-15H2,1-2H3,(H,23,26). The number of aromatic nitrogens is 2. The van der Waals surface area contributed by atoms with Crippen molar-refractivity contribution in [2.24, 2.45) is 0 Å². The lowest BCUT2D eigenvalue weighted by Crippen LogP contribution is -2.24. The molecule has 2 aromatic carbocycles. The molecule has 0 saturated carbocycles. The Labute approximate surface area is 169 Å². The Balaban J connectivity index is 1.76. The average molecular weight is 396 g/mol. The Morgan fingerprint density at radius 2 is 1.86 bits per heavy atom. The maximum atomic E-state index is 12.9. The molecule has 0 unspecified atom stereocenters. The number of amides is 1. The van der Waals surface area contributed by atoms with E-state index in [1.807, 2.05) is 42.5 Å². The summed E-state index contributed by atoms with van der Waals surface area (Å²) in [6.45, 7) is 4.79. The maximum absolute atomic E-state index is 12.9. The number of para-hydroxylation sites is 1. The number of hydrogen-bond donors (Lipinski definition) is 1. The monoisotopic (exact) mass is 395 g/mol. The second-order valence-electron chi connectivity index (χ2n) is 6.61. The Hall–Kier alpha value is -2.60. The molecule has 1 N–H and O–H groups in total. The first-order valence-corrected chi connectivity index (χ1v) is 10.6. The number of nitrogens with zero attached hydrogens (tertiary/aromatic N) is 2. The van der Waals surface area contributed by atoms with Crippen LogP contribution in [0.25, 0.3) is 10.9 Å². The van der Waals surface area contributed by atoms with Crippen LogP contribution in [-0.2, 0) is 17.8 Å². The van der Waals surface area contributed by atoms with Crippen LogP contribution in [0.1, 0.15) is 32.3 Å². The molecule has 0 spiro atoms. The lowest BCUT2D eigenvalue weighted by molar-refractivity contribution is -0.113. The van der Waals surface area contributed by atoms with Crippen LogP contribution in [0.4, 0.5) is 5.69 Å². The van der Waals surface area contributed by atoms with Gasteiger partial charge in [0.2, 0.25) is 5.91 Å². The molecule has 1 heterocycles. The van der Waals surface area contributed by atoms with E-state index in [2.05, 4.69) is 24.1 Å².